The van der Waals surface area contributed by atoms with E-state index in [9.17, 15) is 15.0 Å². The molecule has 2 aromatic carbocycles. The molecule has 2 aliphatic rings. The topological polar surface area (TPSA) is 83.8 Å². The van der Waals surface area contributed by atoms with E-state index in [1.165, 1.54) is 0 Å². The fraction of sp³-hybridized carbons (Fsp3) is 0.242. The first kappa shape index (κ1) is 30.7. The van der Waals surface area contributed by atoms with Crippen molar-refractivity contribution >= 4 is 118 Å². The highest BCUT2D eigenvalue weighted by molar-refractivity contribution is 14.1. The number of hydrogen-bond acceptors (Lipinski definition) is 5. The second kappa shape index (κ2) is 11.5. The van der Waals surface area contributed by atoms with Crippen LogP contribution >= 0.6 is 90.4 Å². The van der Waals surface area contributed by atoms with Gasteiger partial charge in [-0.15, -0.1) is 0 Å². The predicted octanol–water partition coefficient (Wildman–Crippen LogP) is 11.1. The van der Waals surface area contributed by atoms with Crippen LogP contribution < -0.4 is 0 Å². The van der Waals surface area contributed by atoms with Gasteiger partial charge in [0, 0.05) is 33.8 Å². The number of Topliss-reactive ketones (excluding diaryl/α,β-unsaturated/α-hetero) is 1. The Hall–Kier alpha value is -1.33. The summed E-state index contributed by atoms with van der Waals surface area (Å²) in [6.07, 6.45) is 4.85. The minimum atomic E-state index is -0.968. The van der Waals surface area contributed by atoms with Crippen LogP contribution in [0.3, 0.4) is 0 Å². The molecule has 6 rings (SSSR count). The van der Waals surface area contributed by atoms with Gasteiger partial charge >= 0.3 is 0 Å². The summed E-state index contributed by atoms with van der Waals surface area (Å²) in [5, 5.41) is 25.0. The molecule has 0 spiro atoms. The zero-order chi connectivity index (χ0) is 30.0. The number of carbonyl (C=O) groups is 1. The molecule has 0 saturated heterocycles. The minimum Gasteiger partial charge on any atom is -0.509 e. The van der Waals surface area contributed by atoms with Gasteiger partial charge in [0.2, 0.25) is 0 Å². The summed E-state index contributed by atoms with van der Waals surface area (Å²) in [5.41, 5.74) is 2.71. The van der Waals surface area contributed by atoms with Crippen molar-refractivity contribution in [1.29, 1.82) is 0 Å². The first-order valence-corrected chi connectivity index (χ1v) is 17.9. The Morgan fingerprint density at radius 3 is 1.48 bits per heavy atom. The molecule has 2 N–H and O–H groups in total. The molecule has 0 amide bonds. The van der Waals surface area contributed by atoms with Crippen LogP contribution in [0, 0.1) is 11.8 Å². The summed E-state index contributed by atoms with van der Waals surface area (Å²) in [6, 6.07) is 19.5. The Bertz CT molecular complexity index is 1670. The zero-order valence-electron chi connectivity index (χ0n) is 22.6. The van der Waals surface area contributed by atoms with Crippen LogP contribution in [-0.2, 0) is 11.6 Å². The second-order valence-corrected chi connectivity index (χ2v) is 16.3. The lowest BCUT2D eigenvalue weighted by molar-refractivity contribution is -0.113. The van der Waals surface area contributed by atoms with Gasteiger partial charge < -0.3 is 19.0 Å². The molecule has 0 radical (unpaired) electrons. The van der Waals surface area contributed by atoms with E-state index < -0.39 is 6.84 Å². The van der Waals surface area contributed by atoms with Gasteiger partial charge in [-0.1, -0.05) is 95.4 Å². The molecule has 4 atom stereocenters. The van der Waals surface area contributed by atoms with E-state index in [2.05, 4.69) is 90.4 Å². The lowest BCUT2D eigenvalue weighted by Gasteiger charge is -2.41. The number of rotatable bonds is 6. The van der Waals surface area contributed by atoms with Crippen molar-refractivity contribution in [2.24, 2.45) is 11.8 Å². The lowest BCUT2D eigenvalue weighted by atomic mass is 9.70. The van der Waals surface area contributed by atoms with Gasteiger partial charge in [0.25, 0.3) is 0 Å². The molecule has 2 heterocycles. The smallest absolute Gasteiger partial charge is 0.185 e. The number of aliphatic hydroxyl groups is 2. The zero-order valence-corrected chi connectivity index (χ0v) is 31.3. The van der Waals surface area contributed by atoms with Crippen molar-refractivity contribution in [3.63, 3.8) is 0 Å². The highest BCUT2D eigenvalue weighted by Crippen LogP contribution is 2.58. The van der Waals surface area contributed by atoms with E-state index in [4.69, 9.17) is 8.83 Å². The number of alkyl halides is 2. The van der Waals surface area contributed by atoms with Crippen LogP contribution in [0.1, 0.15) is 38.2 Å². The molecule has 2 aliphatic carbocycles. The number of allylic oxidation sites excluding steroid dienone is 8. The molecular weight excluding hydrogens is 984 g/mol. The third kappa shape index (κ3) is 4.65. The van der Waals surface area contributed by atoms with Crippen molar-refractivity contribution in [2.75, 3.05) is 0 Å². The second-order valence-electron chi connectivity index (χ2n) is 10.6. The molecule has 9 heteroatoms. The number of para-hydroxylation sites is 2. The third-order valence-corrected chi connectivity index (χ3v) is 13.6. The average Bonchev–Trinajstić information content (AvgIpc) is 3.63. The van der Waals surface area contributed by atoms with Gasteiger partial charge in [0.05, 0.1) is 7.16 Å². The van der Waals surface area contributed by atoms with Gasteiger partial charge in [0.1, 0.15) is 41.0 Å². The number of benzene rings is 2. The first-order chi connectivity index (χ1) is 20.0. The van der Waals surface area contributed by atoms with Crippen molar-refractivity contribution < 1.29 is 23.8 Å². The lowest BCUT2D eigenvalue weighted by Crippen LogP contribution is -2.40. The maximum atomic E-state index is 14.8. The van der Waals surface area contributed by atoms with E-state index in [-0.39, 0.29) is 29.1 Å². The molecule has 216 valence electrons. The fourth-order valence-electron chi connectivity index (χ4n) is 6.23. The number of carbonyl (C=O) groups excluding carboxylic acids is 1. The largest absolute Gasteiger partial charge is 0.509 e. The van der Waals surface area contributed by atoms with Crippen LogP contribution in [0.5, 0.6) is 0 Å². The Morgan fingerprint density at radius 1 is 0.738 bits per heavy atom. The minimum absolute atomic E-state index is 0.0914. The summed E-state index contributed by atoms with van der Waals surface area (Å²) >= 11 is 8.77. The third-order valence-electron chi connectivity index (χ3n) is 8.33. The molecular formula is C33H26I4O5. The first-order valence-electron chi connectivity index (χ1n) is 13.6. The molecule has 0 bridgehead atoms. The van der Waals surface area contributed by atoms with E-state index in [0.29, 0.717) is 42.7 Å². The number of halogens is 4. The molecule has 2 aromatic heterocycles. The SMILES string of the molecule is CCC1C(C(=O)C2=CC(I)=C(O)C(I)(c3cc4ccccc4o3)C2CC)=CC(I)=C(O)C1(I)c1cc2ccccc2o1. The van der Waals surface area contributed by atoms with Gasteiger partial charge in [-0.3, -0.25) is 4.79 Å². The molecule has 0 aliphatic heterocycles. The van der Waals surface area contributed by atoms with Gasteiger partial charge in [0.15, 0.2) is 5.78 Å². The highest BCUT2D eigenvalue weighted by atomic mass is 127. The Morgan fingerprint density at radius 2 is 1.12 bits per heavy atom. The Balaban J connectivity index is 1.47. The number of hydrogen-bond donors (Lipinski definition) is 2. The van der Waals surface area contributed by atoms with Crippen LogP contribution in [0.4, 0.5) is 0 Å². The molecule has 5 nitrogen and oxygen atoms in total. The number of ketones is 1. The van der Waals surface area contributed by atoms with Crippen molar-refractivity contribution in [3.05, 3.63) is 114 Å². The van der Waals surface area contributed by atoms with Crippen molar-refractivity contribution in [1.82, 2.24) is 0 Å². The number of fused-ring (bicyclic) bond motifs is 2. The van der Waals surface area contributed by atoms with E-state index in [1.807, 2.05) is 86.7 Å². The van der Waals surface area contributed by atoms with Crippen molar-refractivity contribution in [3.8, 4) is 0 Å². The van der Waals surface area contributed by atoms with Gasteiger partial charge in [-0.05, 0) is 94.4 Å². The molecule has 4 unspecified atom stereocenters. The van der Waals surface area contributed by atoms with Crippen LogP contribution in [-0.4, -0.2) is 16.0 Å². The molecule has 0 fully saturated rings. The van der Waals surface area contributed by atoms with Crippen LogP contribution in [0.25, 0.3) is 21.9 Å². The number of furan rings is 2. The number of aliphatic hydroxyl groups excluding tert-OH is 2. The average molecular weight is 1010 g/mol. The summed E-state index contributed by atoms with van der Waals surface area (Å²) in [5.74, 6) is 0.811. The monoisotopic (exact) mass is 1010 g/mol. The highest BCUT2D eigenvalue weighted by Gasteiger charge is 2.54. The van der Waals surface area contributed by atoms with Gasteiger partial charge in [-0.25, -0.2) is 0 Å². The van der Waals surface area contributed by atoms with E-state index in [1.54, 1.807) is 0 Å². The predicted molar refractivity (Wildman–Crippen MR) is 200 cm³/mol. The summed E-state index contributed by atoms with van der Waals surface area (Å²) < 4.78 is 11.9. The standard InChI is InChI=1S/C33H26I4O5/c1-3-21-19(15-23(34)30(39)32(21,36)27-13-17-9-5-7-11-25(17)41-27)29(38)20-16-24(35)31(40)33(37,22(20)4-2)28-14-18-10-6-8-12-26(18)42-28/h5-16,21-22,39-40H,3-4H2,1-2H3. The maximum Gasteiger partial charge on any atom is 0.185 e. The summed E-state index contributed by atoms with van der Waals surface area (Å²) in [7, 11) is 0. The summed E-state index contributed by atoms with van der Waals surface area (Å²) in [6.45, 7) is 4.07. The molecule has 42 heavy (non-hydrogen) atoms. The van der Waals surface area contributed by atoms with Gasteiger partial charge in [-0.2, -0.15) is 0 Å². The van der Waals surface area contributed by atoms with Crippen LogP contribution in [0.2, 0.25) is 0 Å². The van der Waals surface area contributed by atoms with Crippen molar-refractivity contribution in [2.45, 2.75) is 33.5 Å². The maximum absolute atomic E-state index is 14.8. The Labute approximate surface area is 298 Å². The fourth-order valence-corrected chi connectivity index (χ4v) is 11.5. The normalized spacial score (nSPS) is 26.6. The van der Waals surface area contributed by atoms with Crippen LogP contribution in [0.15, 0.2) is 111 Å². The quantitative estimate of drug-likeness (QED) is 0.149. The van der Waals surface area contributed by atoms with E-state index >= 15 is 0 Å². The molecule has 4 aromatic rings. The molecule has 0 saturated carbocycles. The summed E-state index contributed by atoms with van der Waals surface area (Å²) in [4.78, 5) is 14.8. The van der Waals surface area contributed by atoms with E-state index in [0.717, 1.165) is 21.9 Å². The Kier molecular flexibility index (Phi) is 8.44.